The standard InChI is InChI=1S/C20H19ClFN5O2/c21-15-2-1-13(7-16(15)22)18(11-28)27-6-4-12(8-19(27)29)17-3-5-24-20(26-17)25-14-9-23-10-14/h1-8,14,18,23,28H,9-11H2,(H,24,25,26)/t18-/m1/s1. The summed E-state index contributed by atoms with van der Waals surface area (Å²) in [5.74, 6) is -0.0991. The second kappa shape index (κ2) is 8.28. The normalized spacial score (nSPS) is 15.0. The van der Waals surface area contributed by atoms with Gasteiger partial charge in [0.15, 0.2) is 0 Å². The molecule has 1 aromatic carbocycles. The number of aliphatic hydroxyl groups is 1. The molecule has 0 aliphatic carbocycles. The Hall–Kier alpha value is -2.81. The molecule has 3 aromatic rings. The fraction of sp³-hybridized carbons (Fsp3) is 0.250. The minimum atomic E-state index is -0.725. The van der Waals surface area contributed by atoms with Crippen molar-refractivity contribution in [2.75, 3.05) is 25.0 Å². The monoisotopic (exact) mass is 415 g/mol. The highest BCUT2D eigenvalue weighted by molar-refractivity contribution is 6.30. The number of aliphatic hydroxyl groups excluding tert-OH is 1. The van der Waals surface area contributed by atoms with Gasteiger partial charge in [0.25, 0.3) is 5.56 Å². The maximum absolute atomic E-state index is 13.8. The minimum Gasteiger partial charge on any atom is -0.394 e. The molecule has 0 spiro atoms. The molecule has 1 atom stereocenters. The topological polar surface area (TPSA) is 92.1 Å². The second-order valence-corrected chi connectivity index (χ2v) is 7.21. The summed E-state index contributed by atoms with van der Waals surface area (Å²) in [4.78, 5) is 21.4. The molecule has 1 aliphatic heterocycles. The van der Waals surface area contributed by atoms with Gasteiger partial charge in [-0.2, -0.15) is 0 Å². The van der Waals surface area contributed by atoms with E-state index in [0.717, 1.165) is 13.1 Å². The van der Waals surface area contributed by atoms with Crippen molar-refractivity contribution >= 4 is 17.5 Å². The fourth-order valence-electron chi connectivity index (χ4n) is 3.14. The van der Waals surface area contributed by atoms with Crippen LogP contribution in [0.1, 0.15) is 11.6 Å². The number of hydrogen-bond acceptors (Lipinski definition) is 6. The van der Waals surface area contributed by atoms with Gasteiger partial charge in [0.1, 0.15) is 5.82 Å². The zero-order chi connectivity index (χ0) is 20.4. The van der Waals surface area contributed by atoms with Crippen molar-refractivity contribution in [2.24, 2.45) is 0 Å². The molecule has 2 aromatic heterocycles. The Morgan fingerprint density at radius 3 is 2.79 bits per heavy atom. The summed E-state index contributed by atoms with van der Waals surface area (Å²) in [7, 11) is 0. The molecule has 3 N–H and O–H groups in total. The van der Waals surface area contributed by atoms with Gasteiger partial charge in [0.05, 0.1) is 29.4 Å². The van der Waals surface area contributed by atoms with Crippen molar-refractivity contribution in [3.8, 4) is 11.3 Å². The quantitative estimate of drug-likeness (QED) is 0.571. The number of hydrogen-bond donors (Lipinski definition) is 3. The lowest BCUT2D eigenvalue weighted by molar-refractivity contribution is 0.247. The summed E-state index contributed by atoms with van der Waals surface area (Å²) >= 11 is 5.72. The van der Waals surface area contributed by atoms with Gasteiger partial charge in [-0.15, -0.1) is 0 Å². The summed E-state index contributed by atoms with van der Waals surface area (Å²) in [6.45, 7) is 1.35. The van der Waals surface area contributed by atoms with Gasteiger partial charge in [-0.05, 0) is 29.8 Å². The van der Waals surface area contributed by atoms with Gasteiger partial charge in [-0.25, -0.2) is 14.4 Å². The third-order valence-electron chi connectivity index (χ3n) is 4.85. The first-order chi connectivity index (χ1) is 14.0. The third-order valence-corrected chi connectivity index (χ3v) is 5.16. The van der Waals surface area contributed by atoms with Crippen molar-refractivity contribution in [3.63, 3.8) is 0 Å². The number of nitrogens with zero attached hydrogens (tertiary/aromatic N) is 3. The Kier molecular flexibility index (Phi) is 5.57. The molecular weight excluding hydrogens is 397 g/mol. The molecule has 1 aliphatic rings. The van der Waals surface area contributed by atoms with Crippen LogP contribution >= 0.6 is 11.6 Å². The number of anilines is 1. The molecule has 29 heavy (non-hydrogen) atoms. The molecule has 3 heterocycles. The Morgan fingerprint density at radius 1 is 1.31 bits per heavy atom. The maximum Gasteiger partial charge on any atom is 0.251 e. The average Bonchev–Trinajstić information content (AvgIpc) is 2.69. The van der Waals surface area contributed by atoms with Crippen molar-refractivity contribution in [1.82, 2.24) is 19.9 Å². The third kappa shape index (κ3) is 4.14. The van der Waals surface area contributed by atoms with E-state index in [-0.39, 0.29) is 17.2 Å². The van der Waals surface area contributed by atoms with Crippen LogP contribution in [0.15, 0.2) is 53.6 Å². The van der Waals surface area contributed by atoms with Crippen molar-refractivity contribution in [3.05, 3.63) is 75.5 Å². The predicted molar refractivity (Wildman–Crippen MR) is 109 cm³/mol. The SMILES string of the molecule is O=c1cc(-c2ccnc(NC3CNC3)n2)ccn1[C@H](CO)c1ccc(Cl)c(F)c1. The largest absolute Gasteiger partial charge is 0.394 e. The van der Waals surface area contributed by atoms with Crippen LogP contribution in [0.25, 0.3) is 11.3 Å². The lowest BCUT2D eigenvalue weighted by atomic mass is 10.1. The number of rotatable bonds is 6. The fourth-order valence-corrected chi connectivity index (χ4v) is 3.26. The molecule has 150 valence electrons. The Labute approximate surface area is 171 Å². The van der Waals surface area contributed by atoms with Crippen molar-refractivity contribution in [2.45, 2.75) is 12.1 Å². The smallest absolute Gasteiger partial charge is 0.251 e. The first-order valence-corrected chi connectivity index (χ1v) is 9.51. The maximum atomic E-state index is 13.8. The molecule has 0 radical (unpaired) electrons. The van der Waals surface area contributed by atoms with Gasteiger partial charge >= 0.3 is 0 Å². The Bertz CT molecular complexity index is 1090. The van der Waals surface area contributed by atoms with Crippen LogP contribution in [-0.4, -0.2) is 45.4 Å². The van der Waals surface area contributed by atoms with E-state index in [1.54, 1.807) is 30.6 Å². The highest BCUT2D eigenvalue weighted by atomic mass is 35.5. The van der Waals surface area contributed by atoms with Crippen LogP contribution in [-0.2, 0) is 0 Å². The minimum absolute atomic E-state index is 0.0148. The molecule has 7 nitrogen and oxygen atoms in total. The highest BCUT2D eigenvalue weighted by Gasteiger charge is 2.18. The molecule has 1 fully saturated rings. The molecule has 0 saturated carbocycles. The van der Waals surface area contributed by atoms with E-state index in [9.17, 15) is 14.3 Å². The van der Waals surface area contributed by atoms with E-state index in [1.807, 2.05) is 0 Å². The van der Waals surface area contributed by atoms with E-state index in [2.05, 4.69) is 20.6 Å². The first kappa shape index (κ1) is 19.5. The molecule has 0 bridgehead atoms. The van der Waals surface area contributed by atoms with Gasteiger partial charge in [0.2, 0.25) is 5.95 Å². The first-order valence-electron chi connectivity index (χ1n) is 9.14. The van der Waals surface area contributed by atoms with Gasteiger partial charge in [-0.3, -0.25) is 4.79 Å². The molecule has 9 heteroatoms. The van der Waals surface area contributed by atoms with Crippen LogP contribution in [0, 0.1) is 5.82 Å². The molecule has 4 rings (SSSR count). The molecular formula is C20H19ClFN5O2. The molecule has 0 unspecified atom stereocenters. The van der Waals surface area contributed by atoms with Crippen LogP contribution in [0.5, 0.6) is 0 Å². The van der Waals surface area contributed by atoms with E-state index in [0.29, 0.717) is 28.8 Å². The van der Waals surface area contributed by atoms with E-state index < -0.39 is 11.9 Å². The lowest BCUT2D eigenvalue weighted by Crippen LogP contribution is -2.51. The van der Waals surface area contributed by atoms with Gasteiger partial charge in [0, 0.05) is 37.1 Å². The predicted octanol–water partition coefficient (Wildman–Crippen LogP) is 2.06. The summed E-state index contributed by atoms with van der Waals surface area (Å²) in [6, 6.07) is 8.67. The summed E-state index contributed by atoms with van der Waals surface area (Å²) in [6.07, 6.45) is 3.20. The zero-order valence-electron chi connectivity index (χ0n) is 15.3. The number of nitrogens with one attached hydrogen (secondary N) is 2. The van der Waals surface area contributed by atoms with Crippen LogP contribution < -0.4 is 16.2 Å². The van der Waals surface area contributed by atoms with Crippen molar-refractivity contribution < 1.29 is 9.50 Å². The summed E-state index contributed by atoms with van der Waals surface area (Å²) < 4.78 is 15.2. The van der Waals surface area contributed by atoms with E-state index in [4.69, 9.17) is 11.6 Å². The number of benzene rings is 1. The highest BCUT2D eigenvalue weighted by Crippen LogP contribution is 2.23. The lowest BCUT2D eigenvalue weighted by Gasteiger charge is -2.27. The molecule has 0 amide bonds. The van der Waals surface area contributed by atoms with E-state index >= 15 is 0 Å². The van der Waals surface area contributed by atoms with Gasteiger partial charge < -0.3 is 20.3 Å². The number of pyridine rings is 1. The molecule has 1 saturated heterocycles. The van der Waals surface area contributed by atoms with Gasteiger partial charge in [-0.1, -0.05) is 17.7 Å². The number of halogens is 2. The van der Waals surface area contributed by atoms with Crippen molar-refractivity contribution in [1.29, 1.82) is 0 Å². The van der Waals surface area contributed by atoms with Crippen LogP contribution in [0.4, 0.5) is 10.3 Å². The van der Waals surface area contributed by atoms with Crippen LogP contribution in [0.3, 0.4) is 0 Å². The number of aromatic nitrogens is 3. The van der Waals surface area contributed by atoms with Crippen LogP contribution in [0.2, 0.25) is 5.02 Å². The average molecular weight is 416 g/mol. The Balaban J connectivity index is 1.62. The summed E-state index contributed by atoms with van der Waals surface area (Å²) in [5, 5.41) is 16.2. The second-order valence-electron chi connectivity index (χ2n) is 6.80. The van der Waals surface area contributed by atoms with E-state index in [1.165, 1.54) is 22.8 Å². The summed E-state index contributed by atoms with van der Waals surface area (Å²) in [5.41, 5.74) is 1.35. The zero-order valence-corrected chi connectivity index (χ0v) is 16.1. The Morgan fingerprint density at radius 2 is 2.14 bits per heavy atom.